The van der Waals surface area contributed by atoms with E-state index in [1.807, 2.05) is 15.9 Å². The van der Waals surface area contributed by atoms with Crippen LogP contribution in [-0.2, 0) is 4.79 Å². The summed E-state index contributed by atoms with van der Waals surface area (Å²) in [6, 6.07) is 10.5. The molecule has 6 heteroatoms. The van der Waals surface area contributed by atoms with Crippen molar-refractivity contribution in [2.24, 2.45) is 0 Å². The molecule has 0 spiro atoms. The fourth-order valence-corrected chi connectivity index (χ4v) is 4.40. The van der Waals surface area contributed by atoms with Crippen molar-refractivity contribution in [1.29, 1.82) is 0 Å². The number of nitrogens with one attached hydrogen (secondary N) is 2. The third-order valence-corrected chi connectivity index (χ3v) is 6.10. The molecule has 6 nitrogen and oxygen atoms in total. The van der Waals surface area contributed by atoms with Crippen LogP contribution in [0.4, 0.5) is 4.79 Å². The maximum Gasteiger partial charge on any atom is 0.317 e. The summed E-state index contributed by atoms with van der Waals surface area (Å²) in [5, 5.41) is 4.18. The van der Waals surface area contributed by atoms with Gasteiger partial charge in [0.05, 0.1) is 0 Å². The number of fused-ring (bicyclic) bond motifs is 1. The van der Waals surface area contributed by atoms with E-state index in [1.165, 1.54) is 23.0 Å². The second kappa shape index (κ2) is 8.67. The largest absolute Gasteiger partial charge is 0.358 e. The lowest BCUT2D eigenvalue weighted by molar-refractivity contribution is -0.131. The summed E-state index contributed by atoms with van der Waals surface area (Å²) in [5.74, 6) is 0.634. The minimum Gasteiger partial charge on any atom is -0.358 e. The standard InChI is InChI=1S/C22H30N4O2/c27-21(25-12-4-1-5-13-25)8-11-23-22(28)26-14-9-17(10-15-26)20-16-18-6-2-3-7-19(18)24-20/h2-3,6-7,16-17,24H,1,4-5,8-15H2,(H,23,28). The number of urea groups is 1. The Morgan fingerprint density at radius 3 is 2.50 bits per heavy atom. The minimum atomic E-state index is -0.0402. The summed E-state index contributed by atoms with van der Waals surface area (Å²) in [6.07, 6.45) is 5.75. The Hall–Kier alpha value is -2.50. The average molecular weight is 383 g/mol. The van der Waals surface area contributed by atoms with Crippen molar-refractivity contribution in [1.82, 2.24) is 20.1 Å². The number of carbonyl (C=O) groups is 2. The third kappa shape index (κ3) is 4.32. The third-order valence-electron chi connectivity index (χ3n) is 6.10. The Morgan fingerprint density at radius 1 is 1.00 bits per heavy atom. The van der Waals surface area contributed by atoms with Crippen LogP contribution in [0.2, 0.25) is 0 Å². The van der Waals surface area contributed by atoms with E-state index < -0.39 is 0 Å². The van der Waals surface area contributed by atoms with Gasteiger partial charge in [0.1, 0.15) is 0 Å². The number of para-hydroxylation sites is 1. The van der Waals surface area contributed by atoms with Gasteiger partial charge in [-0.25, -0.2) is 4.79 Å². The van der Waals surface area contributed by atoms with Gasteiger partial charge in [-0.2, -0.15) is 0 Å². The van der Waals surface area contributed by atoms with Crippen molar-refractivity contribution < 1.29 is 9.59 Å². The molecule has 2 aliphatic heterocycles. The van der Waals surface area contributed by atoms with Crippen LogP contribution in [0.3, 0.4) is 0 Å². The molecule has 0 aliphatic carbocycles. The Balaban J connectivity index is 1.21. The highest BCUT2D eigenvalue weighted by Crippen LogP contribution is 2.29. The summed E-state index contributed by atoms with van der Waals surface area (Å²) >= 11 is 0. The molecular weight excluding hydrogens is 352 g/mol. The van der Waals surface area contributed by atoms with Gasteiger partial charge in [-0.05, 0) is 49.6 Å². The second-order valence-electron chi connectivity index (χ2n) is 8.00. The summed E-state index contributed by atoms with van der Waals surface area (Å²) in [6.45, 7) is 3.68. The number of hydrogen-bond donors (Lipinski definition) is 2. The SMILES string of the molecule is O=C(CCNC(=O)N1CCC(c2cc3ccccc3[nH]2)CC1)N1CCCCC1. The van der Waals surface area contributed by atoms with E-state index in [9.17, 15) is 9.59 Å². The van der Waals surface area contributed by atoms with Gasteiger partial charge in [0.2, 0.25) is 5.91 Å². The Morgan fingerprint density at radius 2 is 1.75 bits per heavy atom. The number of H-pyrrole nitrogens is 1. The van der Waals surface area contributed by atoms with Crippen molar-refractivity contribution >= 4 is 22.8 Å². The van der Waals surface area contributed by atoms with Crippen LogP contribution in [0.5, 0.6) is 0 Å². The average Bonchev–Trinajstić information content (AvgIpc) is 3.18. The van der Waals surface area contributed by atoms with Gasteiger partial charge in [0, 0.05) is 56.3 Å². The molecule has 2 aliphatic rings. The van der Waals surface area contributed by atoms with Gasteiger partial charge < -0.3 is 20.1 Å². The number of carbonyl (C=O) groups excluding carboxylic acids is 2. The van der Waals surface area contributed by atoms with Crippen LogP contribution >= 0.6 is 0 Å². The van der Waals surface area contributed by atoms with Gasteiger partial charge in [0.25, 0.3) is 0 Å². The van der Waals surface area contributed by atoms with E-state index in [-0.39, 0.29) is 11.9 Å². The normalized spacial score (nSPS) is 18.4. The molecule has 1 aromatic heterocycles. The van der Waals surface area contributed by atoms with Gasteiger partial charge in [-0.3, -0.25) is 4.79 Å². The molecule has 3 amide bonds. The molecule has 150 valence electrons. The first-order valence-corrected chi connectivity index (χ1v) is 10.6. The van der Waals surface area contributed by atoms with Crippen LogP contribution in [0.1, 0.15) is 50.1 Å². The van der Waals surface area contributed by atoms with E-state index in [1.54, 1.807) is 0 Å². The molecule has 0 radical (unpaired) electrons. The number of likely N-dealkylation sites (tertiary alicyclic amines) is 2. The summed E-state index contributed by atoms with van der Waals surface area (Å²) in [7, 11) is 0. The topological polar surface area (TPSA) is 68.4 Å². The van der Waals surface area contributed by atoms with Crippen LogP contribution in [-0.4, -0.2) is 59.4 Å². The predicted molar refractivity (Wildman–Crippen MR) is 110 cm³/mol. The zero-order valence-corrected chi connectivity index (χ0v) is 16.5. The highest BCUT2D eigenvalue weighted by Gasteiger charge is 2.25. The van der Waals surface area contributed by atoms with Crippen LogP contribution < -0.4 is 5.32 Å². The Labute approximate surface area is 166 Å². The zero-order chi connectivity index (χ0) is 19.3. The molecule has 1 aromatic carbocycles. The molecule has 0 atom stereocenters. The van der Waals surface area contributed by atoms with E-state index in [4.69, 9.17) is 0 Å². The van der Waals surface area contributed by atoms with Crippen molar-refractivity contribution in [3.8, 4) is 0 Å². The number of rotatable bonds is 4. The first-order valence-electron chi connectivity index (χ1n) is 10.6. The molecule has 2 saturated heterocycles. The second-order valence-corrected chi connectivity index (χ2v) is 8.00. The predicted octanol–water partition coefficient (Wildman–Crippen LogP) is 3.46. The first kappa shape index (κ1) is 18.8. The lowest BCUT2D eigenvalue weighted by atomic mass is 9.94. The monoisotopic (exact) mass is 382 g/mol. The molecule has 0 bridgehead atoms. The number of nitrogens with zero attached hydrogens (tertiary/aromatic N) is 2. The van der Waals surface area contributed by atoms with Gasteiger partial charge in [-0.15, -0.1) is 0 Å². The number of benzene rings is 1. The molecule has 2 N–H and O–H groups in total. The van der Waals surface area contributed by atoms with Crippen molar-refractivity contribution in [2.75, 3.05) is 32.7 Å². The smallest absolute Gasteiger partial charge is 0.317 e. The molecular formula is C22H30N4O2. The molecule has 3 heterocycles. The van der Waals surface area contributed by atoms with E-state index in [0.29, 0.717) is 18.9 Å². The lowest BCUT2D eigenvalue weighted by Crippen LogP contribution is -2.45. The number of piperidine rings is 2. The molecule has 2 fully saturated rings. The van der Waals surface area contributed by atoms with E-state index in [2.05, 4.69) is 34.6 Å². The van der Waals surface area contributed by atoms with Gasteiger partial charge >= 0.3 is 6.03 Å². The Kier molecular flexibility index (Phi) is 5.84. The fourth-order valence-electron chi connectivity index (χ4n) is 4.40. The van der Waals surface area contributed by atoms with Gasteiger partial charge in [0.15, 0.2) is 0 Å². The maximum absolute atomic E-state index is 12.4. The fraction of sp³-hybridized carbons (Fsp3) is 0.545. The number of amides is 3. The maximum atomic E-state index is 12.4. The van der Waals surface area contributed by atoms with Crippen molar-refractivity contribution in [3.05, 3.63) is 36.0 Å². The van der Waals surface area contributed by atoms with Crippen molar-refractivity contribution in [3.63, 3.8) is 0 Å². The first-order chi connectivity index (χ1) is 13.7. The lowest BCUT2D eigenvalue weighted by Gasteiger charge is -2.32. The molecule has 0 unspecified atom stereocenters. The van der Waals surface area contributed by atoms with Crippen LogP contribution in [0.15, 0.2) is 30.3 Å². The highest BCUT2D eigenvalue weighted by atomic mass is 16.2. The van der Waals surface area contributed by atoms with Crippen LogP contribution in [0, 0.1) is 0 Å². The number of aromatic amines is 1. The van der Waals surface area contributed by atoms with E-state index >= 15 is 0 Å². The molecule has 28 heavy (non-hydrogen) atoms. The summed E-state index contributed by atoms with van der Waals surface area (Å²) < 4.78 is 0. The molecule has 4 rings (SSSR count). The molecule has 2 aromatic rings. The number of hydrogen-bond acceptors (Lipinski definition) is 2. The van der Waals surface area contributed by atoms with Gasteiger partial charge in [-0.1, -0.05) is 18.2 Å². The highest BCUT2D eigenvalue weighted by molar-refractivity contribution is 5.80. The Bertz CT molecular complexity index is 784. The molecule has 0 saturated carbocycles. The van der Waals surface area contributed by atoms with Crippen LogP contribution in [0.25, 0.3) is 10.9 Å². The minimum absolute atomic E-state index is 0.0402. The number of aromatic nitrogens is 1. The van der Waals surface area contributed by atoms with Crippen molar-refractivity contribution in [2.45, 2.75) is 44.4 Å². The van der Waals surface area contributed by atoms with E-state index in [0.717, 1.165) is 51.9 Å². The quantitative estimate of drug-likeness (QED) is 0.850. The summed E-state index contributed by atoms with van der Waals surface area (Å²) in [5.41, 5.74) is 2.45. The summed E-state index contributed by atoms with van der Waals surface area (Å²) in [4.78, 5) is 31.9. The zero-order valence-electron chi connectivity index (χ0n) is 16.5.